The van der Waals surface area contributed by atoms with Crippen LogP contribution in [0.3, 0.4) is 0 Å². The summed E-state index contributed by atoms with van der Waals surface area (Å²) < 4.78 is 1.12. The molecular weight excluding hydrogens is 224 g/mol. The van der Waals surface area contributed by atoms with E-state index in [1.54, 1.807) is 0 Å². The molecule has 1 aliphatic carbocycles. The zero-order valence-corrected chi connectivity index (χ0v) is 8.97. The monoisotopic (exact) mass is 234 g/mol. The Morgan fingerprint density at radius 3 is 2.62 bits per heavy atom. The van der Waals surface area contributed by atoms with Crippen LogP contribution in [0.2, 0.25) is 0 Å². The minimum Gasteiger partial charge on any atom is -0.119 e. The van der Waals surface area contributed by atoms with Gasteiger partial charge in [0, 0.05) is 4.47 Å². The second-order valence-corrected chi connectivity index (χ2v) is 4.51. The van der Waals surface area contributed by atoms with Crippen LogP contribution in [0.4, 0.5) is 0 Å². The summed E-state index contributed by atoms with van der Waals surface area (Å²) in [5.41, 5.74) is 1.33. The number of rotatable bonds is 1. The van der Waals surface area contributed by atoms with E-state index in [0.29, 0.717) is 0 Å². The van der Waals surface area contributed by atoms with E-state index >= 15 is 0 Å². The van der Waals surface area contributed by atoms with Gasteiger partial charge in [0.25, 0.3) is 0 Å². The number of hydrogen-bond acceptors (Lipinski definition) is 0. The molecule has 13 heavy (non-hydrogen) atoms. The Hall–Kier alpha value is -0.740. The van der Waals surface area contributed by atoms with E-state index in [2.05, 4.69) is 40.0 Å². The van der Waals surface area contributed by atoms with Crippen LogP contribution in [0.15, 0.2) is 28.7 Å². The normalized spacial score (nSPS) is 18.8. The van der Waals surface area contributed by atoms with Crippen LogP contribution in [0.25, 0.3) is 0 Å². The first-order chi connectivity index (χ1) is 6.27. The molecule has 0 aromatic heterocycles. The summed E-state index contributed by atoms with van der Waals surface area (Å²) >= 11 is 3.47. The van der Waals surface area contributed by atoms with E-state index < -0.39 is 0 Å². The maximum Gasteiger partial charge on any atom is 0.0560 e. The molecule has 0 amide bonds. The van der Waals surface area contributed by atoms with Crippen molar-refractivity contribution in [2.75, 3.05) is 0 Å². The highest BCUT2D eigenvalue weighted by Crippen LogP contribution is 2.43. The summed E-state index contributed by atoms with van der Waals surface area (Å²) in [6.07, 6.45) is 9.12. The Balaban J connectivity index is 2.40. The van der Waals surface area contributed by atoms with Gasteiger partial charge in [-0.2, -0.15) is 0 Å². The third kappa shape index (κ3) is 1.40. The maximum atomic E-state index is 5.59. The summed E-state index contributed by atoms with van der Waals surface area (Å²) in [6.45, 7) is 0. The molecule has 1 fully saturated rings. The van der Waals surface area contributed by atoms with Crippen LogP contribution in [-0.2, 0) is 5.41 Å². The van der Waals surface area contributed by atoms with Gasteiger partial charge in [0.2, 0.25) is 0 Å². The largest absolute Gasteiger partial charge is 0.119 e. The molecule has 0 heterocycles. The lowest BCUT2D eigenvalue weighted by molar-refractivity contribution is 0.328. The van der Waals surface area contributed by atoms with Crippen LogP contribution in [0, 0.1) is 12.3 Å². The van der Waals surface area contributed by atoms with Gasteiger partial charge in [-0.3, -0.25) is 0 Å². The van der Waals surface area contributed by atoms with Gasteiger partial charge in [-0.15, -0.1) is 6.42 Å². The van der Waals surface area contributed by atoms with Crippen molar-refractivity contribution in [2.45, 2.75) is 24.7 Å². The van der Waals surface area contributed by atoms with E-state index in [9.17, 15) is 0 Å². The Kier molecular flexibility index (Phi) is 2.17. The quantitative estimate of drug-likeness (QED) is 0.653. The molecule has 0 aliphatic heterocycles. The lowest BCUT2D eigenvalue weighted by atomic mass is 9.65. The van der Waals surface area contributed by atoms with Crippen molar-refractivity contribution >= 4 is 15.9 Å². The average Bonchev–Trinajstić information content (AvgIpc) is 2.03. The molecule has 1 aromatic carbocycles. The molecule has 0 nitrogen and oxygen atoms in total. The average molecular weight is 235 g/mol. The summed E-state index contributed by atoms with van der Waals surface area (Å²) in [7, 11) is 0. The topological polar surface area (TPSA) is 0 Å². The molecule has 0 bridgehead atoms. The molecule has 0 atom stereocenters. The summed E-state index contributed by atoms with van der Waals surface area (Å²) in [5, 5.41) is 0. The highest BCUT2D eigenvalue weighted by molar-refractivity contribution is 9.10. The first-order valence-electron chi connectivity index (χ1n) is 4.51. The Morgan fingerprint density at radius 2 is 2.15 bits per heavy atom. The summed E-state index contributed by atoms with van der Waals surface area (Å²) in [6, 6.07) is 8.35. The minimum absolute atomic E-state index is 0.0454. The van der Waals surface area contributed by atoms with E-state index in [-0.39, 0.29) is 5.41 Å². The zero-order chi connectivity index (χ0) is 9.31. The number of benzene rings is 1. The third-order valence-corrected chi connectivity index (χ3v) is 3.35. The highest BCUT2D eigenvalue weighted by atomic mass is 79.9. The van der Waals surface area contributed by atoms with Crippen LogP contribution >= 0.6 is 15.9 Å². The molecule has 2 rings (SSSR count). The second kappa shape index (κ2) is 3.20. The van der Waals surface area contributed by atoms with E-state index in [0.717, 1.165) is 17.3 Å². The minimum atomic E-state index is 0.0454. The molecule has 0 saturated heterocycles. The predicted octanol–water partition coefficient (Wildman–Crippen LogP) is 3.50. The van der Waals surface area contributed by atoms with Gasteiger partial charge in [-0.1, -0.05) is 34.0 Å². The van der Waals surface area contributed by atoms with E-state index in [4.69, 9.17) is 6.42 Å². The number of hydrogen-bond donors (Lipinski definition) is 0. The summed E-state index contributed by atoms with van der Waals surface area (Å²) in [5.74, 6) is 2.94. The standard InChI is InChI=1S/C12H11Br/c1-2-12(7-4-8-12)10-5-3-6-11(13)9-10/h1,3,5-6,9H,4,7-8H2. The Bertz CT molecular complexity index is 356. The van der Waals surface area contributed by atoms with Crippen molar-refractivity contribution in [3.05, 3.63) is 34.3 Å². The van der Waals surface area contributed by atoms with E-state index in [1.165, 1.54) is 12.0 Å². The first-order valence-corrected chi connectivity index (χ1v) is 5.30. The van der Waals surface area contributed by atoms with Gasteiger partial charge in [0.15, 0.2) is 0 Å². The van der Waals surface area contributed by atoms with Crippen molar-refractivity contribution in [3.8, 4) is 12.3 Å². The number of halogens is 1. The van der Waals surface area contributed by atoms with Crippen molar-refractivity contribution in [3.63, 3.8) is 0 Å². The van der Waals surface area contributed by atoms with Crippen LogP contribution in [-0.4, -0.2) is 0 Å². The Labute approximate surface area is 87.5 Å². The summed E-state index contributed by atoms with van der Waals surface area (Å²) in [4.78, 5) is 0. The highest BCUT2D eigenvalue weighted by Gasteiger charge is 2.36. The van der Waals surface area contributed by atoms with Gasteiger partial charge in [0.05, 0.1) is 5.41 Å². The number of terminal acetylenes is 1. The maximum absolute atomic E-state index is 5.59. The molecule has 66 valence electrons. The molecule has 1 aliphatic rings. The van der Waals surface area contributed by atoms with Crippen LogP contribution in [0.5, 0.6) is 0 Å². The fourth-order valence-corrected chi connectivity index (χ4v) is 2.23. The zero-order valence-electron chi connectivity index (χ0n) is 7.39. The van der Waals surface area contributed by atoms with E-state index in [1.807, 2.05) is 6.07 Å². The predicted molar refractivity (Wildman–Crippen MR) is 58.5 cm³/mol. The molecule has 0 unspecified atom stereocenters. The van der Waals surface area contributed by atoms with Gasteiger partial charge in [-0.05, 0) is 37.0 Å². The van der Waals surface area contributed by atoms with Gasteiger partial charge in [-0.25, -0.2) is 0 Å². The van der Waals surface area contributed by atoms with Gasteiger partial charge >= 0.3 is 0 Å². The first kappa shape index (κ1) is 8.84. The second-order valence-electron chi connectivity index (χ2n) is 3.59. The van der Waals surface area contributed by atoms with Crippen molar-refractivity contribution < 1.29 is 0 Å². The molecule has 0 spiro atoms. The van der Waals surface area contributed by atoms with Crippen molar-refractivity contribution in [1.29, 1.82) is 0 Å². The molecule has 1 heteroatoms. The molecular formula is C12H11Br. The van der Waals surface area contributed by atoms with Crippen molar-refractivity contribution in [1.82, 2.24) is 0 Å². The molecule has 1 aromatic rings. The SMILES string of the molecule is C#CC1(c2cccc(Br)c2)CCC1. The smallest absolute Gasteiger partial charge is 0.0560 e. The molecule has 0 N–H and O–H groups in total. The third-order valence-electron chi connectivity index (χ3n) is 2.86. The van der Waals surface area contributed by atoms with Crippen LogP contribution < -0.4 is 0 Å². The van der Waals surface area contributed by atoms with Crippen molar-refractivity contribution in [2.24, 2.45) is 0 Å². The lowest BCUT2D eigenvalue weighted by Crippen LogP contribution is -2.32. The molecule has 0 radical (unpaired) electrons. The van der Waals surface area contributed by atoms with Crippen LogP contribution in [0.1, 0.15) is 24.8 Å². The Morgan fingerprint density at radius 1 is 1.38 bits per heavy atom. The molecule has 1 saturated carbocycles. The lowest BCUT2D eigenvalue weighted by Gasteiger charge is -2.37. The fraction of sp³-hybridized carbons (Fsp3) is 0.333. The van der Waals surface area contributed by atoms with Gasteiger partial charge < -0.3 is 0 Å². The van der Waals surface area contributed by atoms with Gasteiger partial charge in [0.1, 0.15) is 0 Å². The fourth-order valence-electron chi connectivity index (χ4n) is 1.83.